The zero-order valence-electron chi connectivity index (χ0n) is 17.7. The molecule has 4 unspecified atom stereocenters. The minimum absolute atomic E-state index is 0.0367. The van der Waals surface area contributed by atoms with Gasteiger partial charge in [0.25, 0.3) is 0 Å². The number of nitrogens with one attached hydrogen (secondary N) is 2. The summed E-state index contributed by atoms with van der Waals surface area (Å²) in [5.41, 5.74) is 0.585. The van der Waals surface area contributed by atoms with Crippen LogP contribution in [0.25, 0.3) is 0 Å². The van der Waals surface area contributed by atoms with Crippen LogP contribution in [0.1, 0.15) is 18.9 Å². The summed E-state index contributed by atoms with van der Waals surface area (Å²) in [4.78, 5) is 16.6. The highest BCUT2D eigenvalue weighted by atomic mass is 16.5. The van der Waals surface area contributed by atoms with Gasteiger partial charge in [0, 0.05) is 39.8 Å². The molecule has 2 aliphatic rings. The summed E-state index contributed by atoms with van der Waals surface area (Å²) < 4.78 is 5.89. The van der Waals surface area contributed by atoms with Gasteiger partial charge in [-0.3, -0.25) is 4.90 Å². The number of nitriles is 2. The van der Waals surface area contributed by atoms with Crippen molar-refractivity contribution in [2.45, 2.75) is 25.4 Å². The average Bonchev–Trinajstić information content (AvgIpc) is 2.76. The molecule has 1 aromatic rings. The van der Waals surface area contributed by atoms with E-state index in [0.29, 0.717) is 36.3 Å². The number of ether oxygens (including phenoxy) is 1. The number of piperidine rings is 2. The van der Waals surface area contributed by atoms with E-state index in [4.69, 9.17) is 10.00 Å². The summed E-state index contributed by atoms with van der Waals surface area (Å²) in [5, 5.41) is 23.7. The van der Waals surface area contributed by atoms with Crippen LogP contribution < -0.4 is 15.4 Å². The molecular formula is C22H30N6O2. The smallest absolute Gasteiger partial charge is 0.314 e. The Kier molecular flexibility index (Phi) is 7.51. The first-order valence-electron chi connectivity index (χ1n) is 10.5. The summed E-state index contributed by atoms with van der Waals surface area (Å²) in [6.07, 6.45) is 1.21. The molecule has 30 heavy (non-hydrogen) atoms. The normalized spacial score (nSPS) is 23.5. The van der Waals surface area contributed by atoms with Gasteiger partial charge in [0.1, 0.15) is 12.4 Å². The predicted molar refractivity (Wildman–Crippen MR) is 113 cm³/mol. The lowest BCUT2D eigenvalue weighted by Crippen LogP contribution is -2.57. The van der Waals surface area contributed by atoms with E-state index in [9.17, 15) is 10.1 Å². The lowest BCUT2D eigenvalue weighted by atomic mass is 9.84. The molecule has 2 bridgehead atoms. The molecule has 2 saturated heterocycles. The van der Waals surface area contributed by atoms with E-state index in [1.54, 1.807) is 31.3 Å². The molecule has 3 rings (SSSR count). The molecule has 8 heteroatoms. The lowest BCUT2D eigenvalue weighted by molar-refractivity contribution is 0.0181. The molecule has 2 aliphatic heterocycles. The highest BCUT2D eigenvalue weighted by Crippen LogP contribution is 2.29. The zero-order chi connectivity index (χ0) is 21.5. The third kappa shape index (κ3) is 5.85. The molecule has 0 aromatic heterocycles. The number of nitrogens with zero attached hydrogens (tertiary/aromatic N) is 4. The number of carbonyl (C=O) groups is 1. The van der Waals surface area contributed by atoms with Crippen molar-refractivity contribution < 1.29 is 9.53 Å². The van der Waals surface area contributed by atoms with E-state index in [-0.39, 0.29) is 18.1 Å². The van der Waals surface area contributed by atoms with Crippen molar-refractivity contribution in [2.24, 2.45) is 11.8 Å². The Morgan fingerprint density at radius 2 is 1.87 bits per heavy atom. The van der Waals surface area contributed by atoms with Crippen molar-refractivity contribution in [1.82, 2.24) is 20.4 Å². The number of hydrogen-bond donors (Lipinski definition) is 2. The molecule has 4 atom stereocenters. The van der Waals surface area contributed by atoms with Gasteiger partial charge in [-0.05, 0) is 49.4 Å². The van der Waals surface area contributed by atoms with Gasteiger partial charge in [-0.25, -0.2) is 4.79 Å². The highest BCUT2D eigenvalue weighted by molar-refractivity contribution is 5.73. The summed E-state index contributed by atoms with van der Waals surface area (Å²) >= 11 is 0. The molecule has 1 aromatic carbocycles. The fourth-order valence-electron chi connectivity index (χ4n) is 4.51. The maximum Gasteiger partial charge on any atom is 0.314 e. The summed E-state index contributed by atoms with van der Waals surface area (Å²) in [6, 6.07) is 11.0. The van der Waals surface area contributed by atoms with Gasteiger partial charge in [-0.1, -0.05) is 0 Å². The molecular weight excluding hydrogens is 380 g/mol. The Morgan fingerprint density at radius 3 is 2.43 bits per heavy atom. The minimum Gasteiger partial charge on any atom is -0.491 e. The number of amides is 2. The predicted octanol–water partition coefficient (Wildman–Crippen LogP) is 1.40. The first kappa shape index (κ1) is 21.9. The number of likely N-dealkylation sites (tertiary alicyclic amines) is 2. The number of fused-ring (bicyclic) bond motifs is 2. The Bertz CT molecular complexity index is 785. The maximum absolute atomic E-state index is 11.9. The molecule has 2 fully saturated rings. The second-order valence-electron chi connectivity index (χ2n) is 8.31. The summed E-state index contributed by atoms with van der Waals surface area (Å²) in [5.74, 6) is 1.77. The molecule has 2 amide bonds. The Morgan fingerprint density at radius 1 is 1.20 bits per heavy atom. The first-order chi connectivity index (χ1) is 14.5. The van der Waals surface area contributed by atoms with Gasteiger partial charge >= 0.3 is 6.03 Å². The quantitative estimate of drug-likeness (QED) is 0.704. The van der Waals surface area contributed by atoms with Crippen molar-refractivity contribution in [3.05, 3.63) is 29.8 Å². The number of benzene rings is 1. The van der Waals surface area contributed by atoms with Gasteiger partial charge in [0.15, 0.2) is 0 Å². The van der Waals surface area contributed by atoms with Crippen LogP contribution in [0.5, 0.6) is 5.75 Å². The monoisotopic (exact) mass is 410 g/mol. The molecule has 0 aliphatic carbocycles. The van der Waals surface area contributed by atoms with Crippen LogP contribution in [0.2, 0.25) is 0 Å². The topological polar surface area (TPSA) is 104 Å². The van der Waals surface area contributed by atoms with Crippen LogP contribution in [0.4, 0.5) is 4.79 Å². The van der Waals surface area contributed by atoms with Gasteiger partial charge in [-0.15, -0.1) is 0 Å². The first-order valence-corrected chi connectivity index (χ1v) is 10.5. The molecule has 2 N–H and O–H groups in total. The van der Waals surface area contributed by atoms with E-state index in [0.717, 1.165) is 26.2 Å². The molecule has 0 spiro atoms. The second-order valence-corrected chi connectivity index (χ2v) is 8.31. The van der Waals surface area contributed by atoms with Gasteiger partial charge in [0.05, 0.1) is 29.8 Å². The van der Waals surface area contributed by atoms with Gasteiger partial charge in [-0.2, -0.15) is 10.5 Å². The van der Waals surface area contributed by atoms with E-state index in [2.05, 4.69) is 32.6 Å². The zero-order valence-corrected chi connectivity index (χ0v) is 17.7. The van der Waals surface area contributed by atoms with E-state index in [1.165, 1.54) is 6.42 Å². The third-order valence-corrected chi connectivity index (χ3v) is 5.89. The fourth-order valence-corrected chi connectivity index (χ4v) is 4.51. The minimum atomic E-state index is -0.227. The Labute approximate surface area is 178 Å². The lowest BCUT2D eigenvalue weighted by Gasteiger charge is -2.47. The number of rotatable bonds is 7. The highest BCUT2D eigenvalue weighted by Gasteiger charge is 2.36. The van der Waals surface area contributed by atoms with Crippen LogP contribution in [0, 0.1) is 34.5 Å². The van der Waals surface area contributed by atoms with Crippen molar-refractivity contribution >= 4 is 6.03 Å². The molecule has 160 valence electrons. The molecule has 2 heterocycles. The Hall–Kier alpha value is -2.81. The van der Waals surface area contributed by atoms with Crippen molar-refractivity contribution in [1.29, 1.82) is 10.5 Å². The van der Waals surface area contributed by atoms with E-state index < -0.39 is 0 Å². The SMILES string of the molecule is CNC(=O)NC(COc1ccc(C#N)cc1)CN1CC2CC(C1)CN(C(C)C#N)C2. The number of urea groups is 1. The fraction of sp³-hybridized carbons (Fsp3) is 0.591. The molecule has 0 saturated carbocycles. The Balaban J connectivity index is 1.57. The number of hydrogen-bond acceptors (Lipinski definition) is 6. The van der Waals surface area contributed by atoms with Crippen LogP contribution in [-0.4, -0.2) is 74.3 Å². The maximum atomic E-state index is 11.9. The van der Waals surface area contributed by atoms with Crippen LogP contribution in [0.3, 0.4) is 0 Å². The van der Waals surface area contributed by atoms with Crippen LogP contribution in [-0.2, 0) is 0 Å². The number of carbonyl (C=O) groups excluding carboxylic acids is 1. The van der Waals surface area contributed by atoms with Gasteiger partial charge in [0.2, 0.25) is 0 Å². The average molecular weight is 411 g/mol. The standard InChI is InChI=1S/C22H30N6O2/c1-16(8-23)28-12-18-7-19(13-28)11-27(10-18)14-20(26-22(29)25-2)15-30-21-5-3-17(9-24)4-6-21/h3-6,16,18-20H,7,10-15H2,1-2H3,(H2,25,26,29). The molecule has 0 radical (unpaired) electrons. The van der Waals surface area contributed by atoms with Crippen molar-refractivity contribution in [3.8, 4) is 17.9 Å². The largest absolute Gasteiger partial charge is 0.491 e. The third-order valence-electron chi connectivity index (χ3n) is 5.89. The van der Waals surface area contributed by atoms with E-state index >= 15 is 0 Å². The van der Waals surface area contributed by atoms with Crippen molar-refractivity contribution in [3.63, 3.8) is 0 Å². The second kappa shape index (κ2) is 10.3. The van der Waals surface area contributed by atoms with Crippen LogP contribution in [0.15, 0.2) is 24.3 Å². The summed E-state index contributed by atoms with van der Waals surface area (Å²) in [6.45, 7) is 6.88. The van der Waals surface area contributed by atoms with E-state index in [1.807, 2.05) is 6.92 Å². The summed E-state index contributed by atoms with van der Waals surface area (Å²) in [7, 11) is 1.60. The molecule has 8 nitrogen and oxygen atoms in total. The van der Waals surface area contributed by atoms with Crippen molar-refractivity contribution in [2.75, 3.05) is 46.4 Å². The van der Waals surface area contributed by atoms with Crippen LogP contribution >= 0.6 is 0 Å². The van der Waals surface area contributed by atoms with Gasteiger partial charge < -0.3 is 20.3 Å².